The van der Waals surface area contributed by atoms with Gasteiger partial charge in [-0.2, -0.15) is 0 Å². The van der Waals surface area contributed by atoms with Gasteiger partial charge in [0, 0.05) is 0 Å². The molecule has 0 radical (unpaired) electrons. The Balaban J connectivity index is 3.19. The standard InChI is InChI=1S/C14H28O/c1-3-5-7-8-9-11-13-14(15)12-10-6-4-2/h10,12,14-15H,3-9,11,13H2,1-2H3/b12-10+. The minimum absolute atomic E-state index is 0.206. The molecule has 0 bridgehead atoms. The lowest BCUT2D eigenvalue weighted by atomic mass is 10.1. The van der Waals surface area contributed by atoms with Crippen molar-refractivity contribution in [2.24, 2.45) is 0 Å². The van der Waals surface area contributed by atoms with Gasteiger partial charge in [-0.05, 0) is 12.8 Å². The molecule has 0 aromatic heterocycles. The summed E-state index contributed by atoms with van der Waals surface area (Å²) in [4.78, 5) is 0. The van der Waals surface area contributed by atoms with Gasteiger partial charge in [-0.25, -0.2) is 0 Å². The van der Waals surface area contributed by atoms with Gasteiger partial charge in [0.1, 0.15) is 0 Å². The van der Waals surface area contributed by atoms with Gasteiger partial charge in [0.2, 0.25) is 0 Å². The zero-order valence-corrected chi connectivity index (χ0v) is 10.5. The molecule has 1 unspecified atom stereocenters. The molecule has 0 aromatic rings. The Kier molecular flexibility index (Phi) is 11.5. The third-order valence-corrected chi connectivity index (χ3v) is 2.67. The molecule has 0 aliphatic heterocycles. The fourth-order valence-corrected chi connectivity index (χ4v) is 1.65. The van der Waals surface area contributed by atoms with Gasteiger partial charge in [-0.1, -0.05) is 70.9 Å². The molecule has 1 atom stereocenters. The van der Waals surface area contributed by atoms with E-state index >= 15 is 0 Å². The summed E-state index contributed by atoms with van der Waals surface area (Å²) in [5, 5.41) is 9.59. The molecule has 1 nitrogen and oxygen atoms in total. The van der Waals surface area contributed by atoms with Gasteiger partial charge >= 0.3 is 0 Å². The van der Waals surface area contributed by atoms with Crippen molar-refractivity contribution >= 4 is 0 Å². The minimum Gasteiger partial charge on any atom is -0.389 e. The van der Waals surface area contributed by atoms with Crippen LogP contribution in [0.3, 0.4) is 0 Å². The second-order valence-corrected chi connectivity index (χ2v) is 4.34. The molecule has 0 amide bonds. The largest absolute Gasteiger partial charge is 0.389 e. The Morgan fingerprint density at radius 3 is 2.27 bits per heavy atom. The van der Waals surface area contributed by atoms with E-state index < -0.39 is 0 Å². The predicted molar refractivity (Wildman–Crippen MR) is 68.0 cm³/mol. The molecule has 15 heavy (non-hydrogen) atoms. The number of hydrogen-bond acceptors (Lipinski definition) is 1. The summed E-state index contributed by atoms with van der Waals surface area (Å²) >= 11 is 0. The first-order chi connectivity index (χ1) is 7.31. The second-order valence-electron chi connectivity index (χ2n) is 4.34. The quantitative estimate of drug-likeness (QED) is 0.419. The minimum atomic E-state index is -0.206. The van der Waals surface area contributed by atoms with Crippen LogP contribution in [0.2, 0.25) is 0 Å². The van der Waals surface area contributed by atoms with E-state index in [1.165, 1.54) is 44.9 Å². The maximum Gasteiger partial charge on any atom is 0.0720 e. The van der Waals surface area contributed by atoms with Crippen molar-refractivity contribution in [1.29, 1.82) is 0 Å². The molecule has 1 heteroatoms. The van der Waals surface area contributed by atoms with Crippen molar-refractivity contribution in [2.75, 3.05) is 0 Å². The number of aliphatic hydroxyl groups excluding tert-OH is 1. The third-order valence-electron chi connectivity index (χ3n) is 2.67. The summed E-state index contributed by atoms with van der Waals surface area (Å²) < 4.78 is 0. The Labute approximate surface area is 95.6 Å². The fourth-order valence-electron chi connectivity index (χ4n) is 1.65. The maximum atomic E-state index is 9.59. The van der Waals surface area contributed by atoms with Crippen LogP contribution in [0.25, 0.3) is 0 Å². The number of aliphatic hydroxyl groups is 1. The van der Waals surface area contributed by atoms with E-state index in [4.69, 9.17) is 0 Å². The van der Waals surface area contributed by atoms with Crippen molar-refractivity contribution in [3.8, 4) is 0 Å². The van der Waals surface area contributed by atoms with Crippen LogP contribution < -0.4 is 0 Å². The van der Waals surface area contributed by atoms with Crippen LogP contribution in [0, 0.1) is 0 Å². The molecule has 90 valence electrons. The van der Waals surface area contributed by atoms with E-state index in [-0.39, 0.29) is 6.10 Å². The number of unbranched alkanes of at least 4 members (excludes halogenated alkanes) is 6. The average molecular weight is 212 g/mol. The van der Waals surface area contributed by atoms with Gasteiger partial charge in [-0.15, -0.1) is 0 Å². The molecule has 0 heterocycles. The topological polar surface area (TPSA) is 20.2 Å². The van der Waals surface area contributed by atoms with Crippen molar-refractivity contribution < 1.29 is 5.11 Å². The maximum absolute atomic E-state index is 9.59. The van der Waals surface area contributed by atoms with Crippen molar-refractivity contribution in [1.82, 2.24) is 0 Å². The van der Waals surface area contributed by atoms with Crippen LogP contribution in [-0.4, -0.2) is 11.2 Å². The molecular formula is C14H28O. The molecule has 0 spiro atoms. The lowest BCUT2D eigenvalue weighted by Gasteiger charge is -2.05. The molecule has 0 aliphatic rings. The van der Waals surface area contributed by atoms with Crippen LogP contribution in [0.1, 0.15) is 71.6 Å². The van der Waals surface area contributed by atoms with E-state index in [1.54, 1.807) is 0 Å². The van der Waals surface area contributed by atoms with E-state index in [0.717, 1.165) is 12.8 Å². The van der Waals surface area contributed by atoms with Gasteiger partial charge in [0.05, 0.1) is 6.10 Å². The van der Waals surface area contributed by atoms with Crippen LogP contribution in [-0.2, 0) is 0 Å². The first-order valence-electron chi connectivity index (χ1n) is 6.66. The zero-order valence-electron chi connectivity index (χ0n) is 10.5. The molecule has 0 rings (SSSR count). The number of allylic oxidation sites excluding steroid dienone is 1. The van der Waals surface area contributed by atoms with Crippen molar-refractivity contribution in [2.45, 2.75) is 77.7 Å². The van der Waals surface area contributed by atoms with E-state index in [2.05, 4.69) is 19.9 Å². The molecule has 0 aromatic carbocycles. The Bertz CT molecular complexity index is 140. The number of rotatable bonds is 10. The molecule has 0 fully saturated rings. The Hall–Kier alpha value is -0.300. The highest BCUT2D eigenvalue weighted by molar-refractivity contribution is 4.87. The van der Waals surface area contributed by atoms with E-state index in [1.807, 2.05) is 6.08 Å². The van der Waals surface area contributed by atoms with Gasteiger partial charge < -0.3 is 5.11 Å². The van der Waals surface area contributed by atoms with Gasteiger partial charge in [-0.3, -0.25) is 0 Å². The third kappa shape index (κ3) is 11.6. The first-order valence-corrected chi connectivity index (χ1v) is 6.66. The lowest BCUT2D eigenvalue weighted by molar-refractivity contribution is 0.207. The SMILES string of the molecule is CCC/C=C/C(O)CCCCCCCC. The molecule has 0 saturated carbocycles. The van der Waals surface area contributed by atoms with E-state index in [0.29, 0.717) is 0 Å². The van der Waals surface area contributed by atoms with Crippen LogP contribution in [0.5, 0.6) is 0 Å². The highest BCUT2D eigenvalue weighted by Crippen LogP contribution is 2.09. The average Bonchev–Trinajstić information content (AvgIpc) is 2.23. The summed E-state index contributed by atoms with van der Waals surface area (Å²) in [5.41, 5.74) is 0. The highest BCUT2D eigenvalue weighted by atomic mass is 16.3. The van der Waals surface area contributed by atoms with Crippen LogP contribution in [0.15, 0.2) is 12.2 Å². The highest BCUT2D eigenvalue weighted by Gasteiger charge is 1.98. The zero-order chi connectivity index (χ0) is 11.4. The monoisotopic (exact) mass is 212 g/mol. The summed E-state index contributed by atoms with van der Waals surface area (Å²) in [5.74, 6) is 0. The van der Waals surface area contributed by atoms with Crippen molar-refractivity contribution in [3.63, 3.8) is 0 Å². The summed E-state index contributed by atoms with van der Waals surface area (Å²) in [6.07, 6.45) is 14.8. The van der Waals surface area contributed by atoms with Gasteiger partial charge in [0.15, 0.2) is 0 Å². The van der Waals surface area contributed by atoms with Crippen LogP contribution in [0.4, 0.5) is 0 Å². The summed E-state index contributed by atoms with van der Waals surface area (Å²) in [6, 6.07) is 0. The Morgan fingerprint density at radius 2 is 1.60 bits per heavy atom. The number of hydrogen-bond donors (Lipinski definition) is 1. The molecule has 1 N–H and O–H groups in total. The summed E-state index contributed by atoms with van der Waals surface area (Å²) in [6.45, 7) is 4.40. The summed E-state index contributed by atoms with van der Waals surface area (Å²) in [7, 11) is 0. The smallest absolute Gasteiger partial charge is 0.0720 e. The molecular weight excluding hydrogens is 184 g/mol. The van der Waals surface area contributed by atoms with Crippen LogP contribution >= 0.6 is 0 Å². The second kappa shape index (κ2) is 11.8. The molecule has 0 saturated heterocycles. The van der Waals surface area contributed by atoms with E-state index in [9.17, 15) is 5.11 Å². The predicted octanol–water partition coefficient (Wildman–Crippen LogP) is 4.45. The lowest BCUT2D eigenvalue weighted by Crippen LogP contribution is -2.01. The van der Waals surface area contributed by atoms with Gasteiger partial charge in [0.25, 0.3) is 0 Å². The molecule has 0 aliphatic carbocycles. The fraction of sp³-hybridized carbons (Fsp3) is 0.857. The first kappa shape index (κ1) is 14.7. The normalized spacial score (nSPS) is 13.5. The Morgan fingerprint density at radius 1 is 0.933 bits per heavy atom. The van der Waals surface area contributed by atoms with Crippen molar-refractivity contribution in [3.05, 3.63) is 12.2 Å².